The van der Waals surface area contributed by atoms with Crippen molar-refractivity contribution in [3.63, 3.8) is 0 Å². The van der Waals surface area contributed by atoms with Crippen LogP contribution in [0, 0.1) is 0 Å². The second-order valence-corrected chi connectivity index (χ2v) is 8.48. The van der Waals surface area contributed by atoms with E-state index in [0.29, 0.717) is 21.3 Å². The van der Waals surface area contributed by atoms with Crippen LogP contribution in [0.1, 0.15) is 34.3 Å². The van der Waals surface area contributed by atoms with Crippen molar-refractivity contribution in [1.82, 2.24) is 16.4 Å². The van der Waals surface area contributed by atoms with E-state index in [2.05, 4.69) is 21.5 Å². The van der Waals surface area contributed by atoms with Crippen LogP contribution < -0.4 is 21.4 Å². The van der Waals surface area contributed by atoms with Gasteiger partial charge in [0.15, 0.2) is 0 Å². The number of hydrazone groups is 1. The van der Waals surface area contributed by atoms with Crippen LogP contribution in [0.15, 0.2) is 77.9 Å². The second kappa shape index (κ2) is 10.0. The summed E-state index contributed by atoms with van der Waals surface area (Å²) < 4.78 is 0. The molecule has 0 aromatic heterocycles. The molecule has 2 atom stereocenters. The number of anilines is 1. The molecule has 0 saturated heterocycles. The van der Waals surface area contributed by atoms with Crippen molar-refractivity contribution in [3.8, 4) is 0 Å². The number of carbonyl (C=O) groups excluding carboxylic acids is 1. The minimum atomic E-state index is -0.162. The molecule has 8 heteroatoms. The van der Waals surface area contributed by atoms with E-state index in [1.807, 2.05) is 73.7 Å². The first kappa shape index (κ1) is 22.1. The highest BCUT2D eigenvalue weighted by Gasteiger charge is 2.24. The van der Waals surface area contributed by atoms with E-state index in [1.165, 1.54) is 0 Å². The highest BCUT2D eigenvalue weighted by Crippen LogP contribution is 2.27. The average molecular weight is 468 g/mol. The van der Waals surface area contributed by atoms with Gasteiger partial charge in [0.25, 0.3) is 5.91 Å². The van der Waals surface area contributed by atoms with Gasteiger partial charge >= 0.3 is 0 Å². The van der Waals surface area contributed by atoms with Gasteiger partial charge in [-0.1, -0.05) is 59.6 Å². The number of para-hydroxylation sites is 1. The van der Waals surface area contributed by atoms with Crippen LogP contribution in [0.4, 0.5) is 5.69 Å². The van der Waals surface area contributed by atoms with Crippen LogP contribution in [0.3, 0.4) is 0 Å². The molecule has 0 fully saturated rings. The third-order valence-electron chi connectivity index (χ3n) is 5.45. The Morgan fingerprint density at radius 3 is 2.31 bits per heavy atom. The van der Waals surface area contributed by atoms with Crippen molar-refractivity contribution in [2.24, 2.45) is 5.10 Å². The fraction of sp³-hybridized carbons (Fsp3) is 0.167. The first-order valence-electron chi connectivity index (χ1n) is 10.2. The van der Waals surface area contributed by atoms with Gasteiger partial charge in [-0.2, -0.15) is 5.10 Å². The van der Waals surface area contributed by atoms with Crippen molar-refractivity contribution in [3.05, 3.63) is 99.5 Å². The van der Waals surface area contributed by atoms with Crippen LogP contribution >= 0.6 is 23.2 Å². The predicted molar refractivity (Wildman–Crippen MR) is 130 cm³/mol. The number of rotatable bonds is 7. The molecule has 0 bridgehead atoms. The summed E-state index contributed by atoms with van der Waals surface area (Å²) in [6.07, 6.45) is 2.32. The minimum absolute atomic E-state index is 0.0395. The fourth-order valence-corrected chi connectivity index (χ4v) is 4.00. The topological polar surface area (TPSA) is 68.8 Å². The largest absolute Gasteiger partial charge is 0.349 e. The van der Waals surface area contributed by atoms with Crippen molar-refractivity contribution < 1.29 is 4.79 Å². The lowest BCUT2D eigenvalue weighted by Gasteiger charge is -2.27. The van der Waals surface area contributed by atoms with Crippen LogP contribution in [0.5, 0.6) is 0 Å². The maximum absolute atomic E-state index is 13.3. The number of nitrogens with zero attached hydrogens (tertiary/aromatic N) is 2. The number of benzene rings is 3. The summed E-state index contributed by atoms with van der Waals surface area (Å²) in [5, 5.41) is 10.1. The Bertz CT molecular complexity index is 1100. The lowest BCUT2D eigenvalue weighted by molar-refractivity contribution is 0.0935. The van der Waals surface area contributed by atoms with Gasteiger partial charge in [-0.15, -0.1) is 5.53 Å². The number of amides is 1. The Labute approximate surface area is 197 Å². The fourth-order valence-electron chi connectivity index (χ4n) is 3.75. The maximum atomic E-state index is 13.3. The monoisotopic (exact) mass is 467 g/mol. The van der Waals surface area contributed by atoms with Gasteiger partial charge in [0, 0.05) is 22.0 Å². The van der Waals surface area contributed by atoms with Crippen molar-refractivity contribution in [1.29, 1.82) is 0 Å². The molecule has 0 spiro atoms. The SMILES string of the molecule is C[C@@H](NC(=O)c1ccccc1N1C=NNN1)[C@H](Cc1ccc(Cl)cc1)c1ccc(Cl)cc1. The van der Waals surface area contributed by atoms with E-state index < -0.39 is 0 Å². The maximum Gasteiger partial charge on any atom is 0.253 e. The molecule has 4 rings (SSSR count). The third kappa shape index (κ3) is 5.22. The third-order valence-corrected chi connectivity index (χ3v) is 5.95. The van der Waals surface area contributed by atoms with Crippen LogP contribution in [-0.2, 0) is 6.42 Å². The number of nitrogens with one attached hydrogen (secondary N) is 3. The Hall–Kier alpha value is -3.06. The van der Waals surface area contributed by atoms with E-state index in [1.54, 1.807) is 17.4 Å². The molecular formula is C24H23Cl2N5O. The summed E-state index contributed by atoms with van der Waals surface area (Å²) in [5.74, 6) is -0.122. The second-order valence-electron chi connectivity index (χ2n) is 7.61. The summed E-state index contributed by atoms with van der Waals surface area (Å²) in [7, 11) is 0. The first-order valence-corrected chi connectivity index (χ1v) is 11.0. The molecule has 1 aliphatic heterocycles. The van der Waals surface area contributed by atoms with E-state index in [-0.39, 0.29) is 17.9 Å². The smallest absolute Gasteiger partial charge is 0.253 e. The molecule has 6 nitrogen and oxygen atoms in total. The lowest BCUT2D eigenvalue weighted by atomic mass is 9.86. The lowest BCUT2D eigenvalue weighted by Crippen LogP contribution is -2.41. The van der Waals surface area contributed by atoms with E-state index in [4.69, 9.17) is 23.2 Å². The molecule has 3 N–H and O–H groups in total. The van der Waals surface area contributed by atoms with E-state index >= 15 is 0 Å². The van der Waals surface area contributed by atoms with Gasteiger partial charge in [-0.3, -0.25) is 4.79 Å². The number of halogens is 2. The molecule has 164 valence electrons. The van der Waals surface area contributed by atoms with Gasteiger partial charge in [-0.05, 0) is 60.9 Å². The molecule has 1 aliphatic rings. The molecule has 3 aromatic carbocycles. The predicted octanol–water partition coefficient (Wildman–Crippen LogP) is 4.91. The first-order chi connectivity index (χ1) is 15.5. The Morgan fingerprint density at radius 1 is 1.00 bits per heavy atom. The molecule has 0 aliphatic carbocycles. The van der Waals surface area contributed by atoms with E-state index in [9.17, 15) is 4.79 Å². The standard InChI is InChI=1S/C24H23Cl2N5O/c1-16(28-24(32)21-4-2-3-5-23(21)31-15-27-29-30-31)22(18-8-12-20(26)13-9-18)14-17-6-10-19(25)11-7-17/h2-13,15-16,22,29-30H,14H2,1H3,(H,28,32)/t16-,22+/m1/s1. The van der Waals surface area contributed by atoms with Gasteiger partial charge in [0.2, 0.25) is 0 Å². The summed E-state index contributed by atoms with van der Waals surface area (Å²) in [4.78, 5) is 13.3. The number of carbonyl (C=O) groups is 1. The Morgan fingerprint density at radius 2 is 1.66 bits per heavy atom. The Kier molecular flexibility index (Phi) is 6.95. The summed E-state index contributed by atoms with van der Waals surface area (Å²) >= 11 is 12.2. The minimum Gasteiger partial charge on any atom is -0.349 e. The number of hydrazine groups is 2. The summed E-state index contributed by atoms with van der Waals surface area (Å²) in [6, 6.07) is 22.8. The molecule has 3 aromatic rings. The highest BCUT2D eigenvalue weighted by molar-refractivity contribution is 6.30. The summed E-state index contributed by atoms with van der Waals surface area (Å²) in [6.45, 7) is 2.02. The van der Waals surface area contributed by atoms with Gasteiger partial charge in [0.1, 0.15) is 6.34 Å². The molecule has 32 heavy (non-hydrogen) atoms. The zero-order chi connectivity index (χ0) is 22.5. The molecular weight excluding hydrogens is 445 g/mol. The zero-order valence-electron chi connectivity index (χ0n) is 17.4. The van der Waals surface area contributed by atoms with Crippen LogP contribution in [0.2, 0.25) is 10.0 Å². The Balaban J connectivity index is 1.57. The number of hydrogen-bond donors (Lipinski definition) is 3. The molecule has 0 unspecified atom stereocenters. The van der Waals surface area contributed by atoms with Gasteiger partial charge < -0.3 is 5.32 Å². The van der Waals surface area contributed by atoms with Crippen LogP contribution in [-0.4, -0.2) is 18.3 Å². The van der Waals surface area contributed by atoms with Gasteiger partial charge in [0.05, 0.1) is 11.3 Å². The quantitative estimate of drug-likeness (QED) is 0.461. The van der Waals surface area contributed by atoms with Crippen LogP contribution in [0.25, 0.3) is 0 Å². The zero-order valence-corrected chi connectivity index (χ0v) is 18.9. The van der Waals surface area contributed by atoms with Gasteiger partial charge in [-0.25, -0.2) is 10.5 Å². The molecule has 1 amide bonds. The molecule has 0 radical (unpaired) electrons. The molecule has 0 saturated carbocycles. The average Bonchev–Trinajstić information content (AvgIpc) is 3.34. The van der Waals surface area contributed by atoms with E-state index in [0.717, 1.165) is 17.5 Å². The van der Waals surface area contributed by atoms with Crippen molar-refractivity contribution in [2.45, 2.75) is 25.3 Å². The normalized spacial score (nSPS) is 14.7. The molecule has 1 heterocycles. The highest BCUT2D eigenvalue weighted by atomic mass is 35.5. The van der Waals surface area contributed by atoms with Crippen molar-refractivity contribution in [2.75, 3.05) is 5.01 Å². The summed E-state index contributed by atoms with van der Waals surface area (Å²) in [5.41, 5.74) is 9.00. The van der Waals surface area contributed by atoms with Crippen molar-refractivity contribution >= 4 is 41.1 Å². The number of hydrogen-bond acceptors (Lipinski definition) is 5.